The van der Waals surface area contributed by atoms with E-state index in [1.807, 2.05) is 0 Å². The predicted molar refractivity (Wildman–Crippen MR) is 34.0 cm³/mol. The first-order valence-corrected chi connectivity index (χ1v) is 2.77. The van der Waals surface area contributed by atoms with E-state index in [0.717, 1.165) is 0 Å². The van der Waals surface area contributed by atoms with Gasteiger partial charge >= 0.3 is 0 Å². The van der Waals surface area contributed by atoms with Crippen molar-refractivity contribution in [2.75, 3.05) is 0 Å². The first kappa shape index (κ1) is 7.68. The molecule has 7 heavy (non-hydrogen) atoms. The molecular formula is C3Cl4. The summed E-state index contributed by atoms with van der Waals surface area (Å²) in [6, 6.07) is 0. The molecule has 0 aromatic carbocycles. The Morgan fingerprint density at radius 1 is 0.857 bits per heavy atom. The zero-order valence-corrected chi connectivity index (χ0v) is 6.04. The Hall–Kier alpha value is 0.680. The maximum atomic E-state index is 5.05. The average Bonchev–Trinajstić information content (AvgIpc) is 1.27. The topological polar surface area (TPSA) is 0 Å². The van der Waals surface area contributed by atoms with Crippen molar-refractivity contribution in [2.45, 2.75) is 0 Å². The normalized spacial score (nSPS) is 7.43. The first-order chi connectivity index (χ1) is 3.13. The van der Waals surface area contributed by atoms with Gasteiger partial charge in [-0.05, 0) is 0 Å². The van der Waals surface area contributed by atoms with Crippen molar-refractivity contribution in [3.05, 3.63) is 14.7 Å². The van der Waals surface area contributed by atoms with Crippen molar-refractivity contribution in [1.82, 2.24) is 0 Å². The van der Waals surface area contributed by atoms with Crippen LogP contribution in [0.1, 0.15) is 0 Å². The van der Waals surface area contributed by atoms with E-state index in [1.54, 1.807) is 0 Å². The molecular weight excluding hydrogens is 178 g/mol. The third-order valence-electron chi connectivity index (χ3n) is 0.189. The van der Waals surface area contributed by atoms with Gasteiger partial charge in [0.15, 0.2) is 8.98 Å². The maximum Gasteiger partial charge on any atom is 0.151 e. The molecule has 0 heterocycles. The Balaban J connectivity index is 4.13. The van der Waals surface area contributed by atoms with Crippen LogP contribution < -0.4 is 0 Å². The monoisotopic (exact) mass is 176 g/mol. The third kappa shape index (κ3) is 6.68. The molecule has 0 saturated heterocycles. The highest BCUT2D eigenvalue weighted by Gasteiger charge is 1.78. The zero-order chi connectivity index (χ0) is 5.86. The van der Waals surface area contributed by atoms with Crippen molar-refractivity contribution in [3.8, 4) is 0 Å². The summed E-state index contributed by atoms with van der Waals surface area (Å²) in [4.78, 5) is 0. The van der Waals surface area contributed by atoms with Crippen LogP contribution in [0, 0.1) is 0 Å². The molecule has 0 aliphatic rings. The van der Waals surface area contributed by atoms with Gasteiger partial charge in [0.25, 0.3) is 0 Å². The molecule has 0 atom stereocenters. The molecule has 40 valence electrons. The van der Waals surface area contributed by atoms with Gasteiger partial charge in [0.05, 0.1) is 0 Å². The lowest BCUT2D eigenvalue weighted by Gasteiger charge is -1.69. The predicted octanol–water partition coefficient (Wildman–Crippen LogP) is 3.22. The SMILES string of the molecule is ClC(Cl)=C=C(Cl)Cl. The lowest BCUT2D eigenvalue weighted by atomic mass is 11.0. The minimum Gasteiger partial charge on any atom is -0.0614 e. The number of halogens is 4. The molecule has 0 nitrogen and oxygen atoms in total. The maximum absolute atomic E-state index is 5.05. The van der Waals surface area contributed by atoms with Crippen LogP contribution in [0.5, 0.6) is 0 Å². The van der Waals surface area contributed by atoms with E-state index in [4.69, 9.17) is 46.4 Å². The van der Waals surface area contributed by atoms with Crippen LogP contribution in [0.3, 0.4) is 0 Å². The Morgan fingerprint density at radius 3 is 1.14 bits per heavy atom. The molecule has 0 saturated carbocycles. The summed E-state index contributed by atoms with van der Waals surface area (Å²) < 4.78 is -0.139. The molecule has 0 aliphatic heterocycles. The fourth-order valence-corrected chi connectivity index (χ4v) is 0.643. The van der Waals surface area contributed by atoms with Crippen LogP contribution in [0.4, 0.5) is 0 Å². The van der Waals surface area contributed by atoms with E-state index < -0.39 is 0 Å². The number of rotatable bonds is 0. The Bertz CT molecular complexity index is 98.9. The van der Waals surface area contributed by atoms with Crippen LogP contribution in [0.25, 0.3) is 0 Å². The number of hydrogen-bond acceptors (Lipinski definition) is 0. The summed E-state index contributed by atoms with van der Waals surface area (Å²) in [5, 5.41) is 0. The van der Waals surface area contributed by atoms with Crippen molar-refractivity contribution in [2.24, 2.45) is 0 Å². The summed E-state index contributed by atoms with van der Waals surface area (Å²) in [5.41, 5.74) is 2.20. The van der Waals surface area contributed by atoms with Gasteiger partial charge in [0.2, 0.25) is 0 Å². The Kier molecular flexibility index (Phi) is 4.01. The van der Waals surface area contributed by atoms with Crippen LogP contribution in [-0.4, -0.2) is 0 Å². The Morgan fingerprint density at radius 2 is 1.14 bits per heavy atom. The minimum atomic E-state index is -0.0694. The second kappa shape index (κ2) is 3.65. The summed E-state index contributed by atoms with van der Waals surface area (Å²) in [6.45, 7) is 0. The van der Waals surface area contributed by atoms with E-state index in [0.29, 0.717) is 0 Å². The molecule has 0 spiro atoms. The lowest BCUT2D eigenvalue weighted by Crippen LogP contribution is -1.42. The van der Waals surface area contributed by atoms with Crippen LogP contribution in [0.15, 0.2) is 14.7 Å². The van der Waals surface area contributed by atoms with Gasteiger partial charge in [-0.1, -0.05) is 52.1 Å². The van der Waals surface area contributed by atoms with Crippen molar-refractivity contribution < 1.29 is 0 Å². The van der Waals surface area contributed by atoms with Gasteiger partial charge in [-0.15, -0.1) is 0 Å². The molecule has 0 bridgehead atoms. The van der Waals surface area contributed by atoms with Gasteiger partial charge < -0.3 is 0 Å². The summed E-state index contributed by atoms with van der Waals surface area (Å²) in [5.74, 6) is 0. The molecule has 0 rings (SSSR count). The highest BCUT2D eigenvalue weighted by Crippen LogP contribution is 2.10. The zero-order valence-electron chi connectivity index (χ0n) is 3.01. The molecule has 0 unspecified atom stereocenters. The van der Waals surface area contributed by atoms with Crippen LogP contribution in [0.2, 0.25) is 0 Å². The molecule has 0 N–H and O–H groups in total. The molecule has 0 amide bonds. The fraction of sp³-hybridized carbons (Fsp3) is 0. The molecule has 0 radical (unpaired) electrons. The Labute approximate surface area is 61.3 Å². The smallest absolute Gasteiger partial charge is 0.0614 e. The third-order valence-corrected chi connectivity index (χ3v) is 0.567. The second-order valence-corrected chi connectivity index (χ2v) is 2.54. The van der Waals surface area contributed by atoms with E-state index in [1.165, 1.54) is 0 Å². The highest BCUT2D eigenvalue weighted by molar-refractivity contribution is 6.59. The standard InChI is InChI=1S/C3Cl4/c4-2(5)1-3(6)7. The fourth-order valence-electron chi connectivity index (χ4n) is 0.0714. The molecule has 4 heteroatoms. The second-order valence-electron chi connectivity index (χ2n) is 0.646. The largest absolute Gasteiger partial charge is 0.151 e. The van der Waals surface area contributed by atoms with Crippen molar-refractivity contribution in [1.29, 1.82) is 0 Å². The molecule has 0 aromatic heterocycles. The summed E-state index contributed by atoms with van der Waals surface area (Å²) in [6.07, 6.45) is 0. The first-order valence-electron chi connectivity index (χ1n) is 1.26. The number of hydrogen-bond donors (Lipinski definition) is 0. The van der Waals surface area contributed by atoms with E-state index in [9.17, 15) is 0 Å². The van der Waals surface area contributed by atoms with Gasteiger partial charge in [0, 0.05) is 0 Å². The van der Waals surface area contributed by atoms with Crippen LogP contribution in [-0.2, 0) is 0 Å². The average molecular weight is 178 g/mol. The highest BCUT2D eigenvalue weighted by atomic mass is 35.5. The van der Waals surface area contributed by atoms with Crippen LogP contribution >= 0.6 is 46.4 Å². The quantitative estimate of drug-likeness (QED) is 0.499. The summed E-state index contributed by atoms with van der Waals surface area (Å²) in [7, 11) is 0. The van der Waals surface area contributed by atoms with E-state index in [2.05, 4.69) is 5.73 Å². The van der Waals surface area contributed by atoms with Gasteiger partial charge in [-0.3, -0.25) is 0 Å². The van der Waals surface area contributed by atoms with Crippen molar-refractivity contribution >= 4 is 46.4 Å². The van der Waals surface area contributed by atoms with Gasteiger partial charge in [-0.25, -0.2) is 0 Å². The minimum absolute atomic E-state index is 0.0694. The van der Waals surface area contributed by atoms with Gasteiger partial charge in [0.1, 0.15) is 0 Å². The van der Waals surface area contributed by atoms with E-state index in [-0.39, 0.29) is 8.98 Å². The van der Waals surface area contributed by atoms with Gasteiger partial charge in [-0.2, -0.15) is 0 Å². The summed E-state index contributed by atoms with van der Waals surface area (Å²) >= 11 is 20.2. The van der Waals surface area contributed by atoms with Crippen molar-refractivity contribution in [3.63, 3.8) is 0 Å². The lowest BCUT2D eigenvalue weighted by molar-refractivity contribution is 2.20. The molecule has 0 fully saturated rings. The molecule has 0 aliphatic carbocycles. The van der Waals surface area contributed by atoms with E-state index >= 15 is 0 Å². The molecule has 0 aromatic rings.